The van der Waals surface area contributed by atoms with Crippen molar-refractivity contribution in [2.75, 3.05) is 18.0 Å². The third kappa shape index (κ3) is 2.34. The van der Waals surface area contributed by atoms with Gasteiger partial charge in [0, 0.05) is 26.3 Å². The Morgan fingerprint density at radius 3 is 2.81 bits per heavy atom. The maximum absolute atomic E-state index is 11.6. The maximum Gasteiger partial charge on any atom is 0.339 e. The largest absolute Gasteiger partial charge is 0.478 e. The van der Waals surface area contributed by atoms with Crippen LogP contribution in [0, 0.1) is 5.92 Å². The van der Waals surface area contributed by atoms with Crippen LogP contribution >= 0.6 is 0 Å². The Morgan fingerprint density at radius 2 is 2.24 bits per heavy atom. The van der Waals surface area contributed by atoms with Gasteiger partial charge in [0.2, 0.25) is 0 Å². The minimum absolute atomic E-state index is 0.261. The summed E-state index contributed by atoms with van der Waals surface area (Å²) in [6.45, 7) is 3.75. The lowest BCUT2D eigenvalue weighted by Crippen LogP contribution is -2.33. The zero-order chi connectivity index (χ0) is 15.0. The molecular weight excluding hydrogens is 268 g/mol. The van der Waals surface area contributed by atoms with Gasteiger partial charge in [-0.3, -0.25) is 4.68 Å². The zero-order valence-corrected chi connectivity index (χ0v) is 12.4. The number of aromatic carboxylic acids is 1. The molecule has 1 saturated carbocycles. The van der Waals surface area contributed by atoms with Crippen LogP contribution in [-0.2, 0) is 7.05 Å². The van der Waals surface area contributed by atoms with E-state index in [1.54, 1.807) is 10.9 Å². The molecule has 0 unspecified atom stereocenters. The number of anilines is 1. The number of nitrogens with zero attached hydrogens (tertiary/aromatic N) is 4. The number of pyridine rings is 1. The van der Waals surface area contributed by atoms with Crippen molar-refractivity contribution in [1.82, 2.24) is 14.8 Å². The molecule has 1 fully saturated rings. The van der Waals surface area contributed by atoms with Crippen molar-refractivity contribution in [2.45, 2.75) is 26.2 Å². The van der Waals surface area contributed by atoms with Crippen LogP contribution in [0.25, 0.3) is 11.0 Å². The van der Waals surface area contributed by atoms with Gasteiger partial charge in [-0.1, -0.05) is 6.42 Å². The quantitative estimate of drug-likeness (QED) is 0.914. The van der Waals surface area contributed by atoms with E-state index in [0.717, 1.165) is 29.8 Å². The van der Waals surface area contributed by atoms with Crippen LogP contribution in [0.4, 0.5) is 5.69 Å². The second-order valence-corrected chi connectivity index (χ2v) is 5.67. The van der Waals surface area contributed by atoms with Crippen molar-refractivity contribution in [3.63, 3.8) is 0 Å². The van der Waals surface area contributed by atoms with Gasteiger partial charge >= 0.3 is 5.97 Å². The van der Waals surface area contributed by atoms with E-state index >= 15 is 0 Å². The number of carboxylic acid groups (broad SMARTS) is 1. The lowest BCUT2D eigenvalue weighted by atomic mass is 9.85. The average Bonchev–Trinajstić information content (AvgIpc) is 2.79. The second kappa shape index (κ2) is 5.35. The van der Waals surface area contributed by atoms with E-state index < -0.39 is 5.97 Å². The summed E-state index contributed by atoms with van der Waals surface area (Å²) >= 11 is 0. The summed E-state index contributed by atoms with van der Waals surface area (Å²) in [7, 11) is 1.82. The van der Waals surface area contributed by atoms with Gasteiger partial charge in [-0.25, -0.2) is 9.78 Å². The van der Waals surface area contributed by atoms with Crippen LogP contribution in [0.3, 0.4) is 0 Å². The van der Waals surface area contributed by atoms with Crippen molar-refractivity contribution < 1.29 is 9.90 Å². The Morgan fingerprint density at radius 1 is 1.48 bits per heavy atom. The molecule has 0 spiro atoms. The Hall–Kier alpha value is -2.11. The van der Waals surface area contributed by atoms with Crippen LogP contribution < -0.4 is 4.90 Å². The highest BCUT2D eigenvalue weighted by Gasteiger charge is 2.25. The first kappa shape index (κ1) is 13.9. The molecule has 0 radical (unpaired) electrons. The number of fused-ring (bicyclic) bond motifs is 1. The van der Waals surface area contributed by atoms with Crippen molar-refractivity contribution in [3.05, 3.63) is 18.0 Å². The van der Waals surface area contributed by atoms with Crippen LogP contribution in [0.5, 0.6) is 0 Å². The number of hydrogen-bond acceptors (Lipinski definition) is 4. The van der Waals surface area contributed by atoms with E-state index in [1.165, 1.54) is 25.5 Å². The molecule has 0 aliphatic heterocycles. The van der Waals surface area contributed by atoms with Gasteiger partial charge in [-0.15, -0.1) is 0 Å². The molecule has 2 aromatic rings. The van der Waals surface area contributed by atoms with Crippen molar-refractivity contribution in [2.24, 2.45) is 13.0 Å². The molecule has 1 aliphatic carbocycles. The highest BCUT2D eigenvalue weighted by atomic mass is 16.4. The molecule has 21 heavy (non-hydrogen) atoms. The van der Waals surface area contributed by atoms with Crippen LogP contribution in [-0.4, -0.2) is 38.9 Å². The molecule has 0 saturated heterocycles. The first-order valence-corrected chi connectivity index (χ1v) is 7.40. The SMILES string of the molecule is CCN(CC1CCC1)c1c(C(=O)O)cnc2c1cnn2C. The van der Waals surface area contributed by atoms with E-state index in [-0.39, 0.29) is 5.56 Å². The van der Waals surface area contributed by atoms with Gasteiger partial charge in [0.05, 0.1) is 17.3 Å². The molecule has 0 amide bonds. The molecule has 0 aromatic carbocycles. The molecule has 0 bridgehead atoms. The van der Waals surface area contributed by atoms with E-state index in [2.05, 4.69) is 21.9 Å². The summed E-state index contributed by atoms with van der Waals surface area (Å²) in [6, 6.07) is 0. The van der Waals surface area contributed by atoms with Gasteiger partial charge in [-0.2, -0.15) is 5.10 Å². The van der Waals surface area contributed by atoms with Crippen molar-refractivity contribution >= 4 is 22.7 Å². The fourth-order valence-corrected chi connectivity index (χ4v) is 2.95. The maximum atomic E-state index is 11.6. The number of rotatable bonds is 5. The molecule has 0 atom stereocenters. The third-order valence-corrected chi connectivity index (χ3v) is 4.37. The Labute approximate surface area is 123 Å². The Kier molecular flexibility index (Phi) is 3.53. The number of hydrogen-bond donors (Lipinski definition) is 1. The Bertz CT molecular complexity index is 676. The van der Waals surface area contributed by atoms with E-state index in [4.69, 9.17) is 0 Å². The fourth-order valence-electron chi connectivity index (χ4n) is 2.95. The minimum atomic E-state index is -0.935. The second-order valence-electron chi connectivity index (χ2n) is 5.67. The predicted octanol–water partition coefficient (Wildman–Crippen LogP) is 2.29. The highest BCUT2D eigenvalue weighted by Crippen LogP contribution is 2.33. The monoisotopic (exact) mass is 288 g/mol. The normalized spacial score (nSPS) is 15.1. The summed E-state index contributed by atoms with van der Waals surface area (Å²) in [6.07, 6.45) is 6.92. The van der Waals surface area contributed by atoms with Gasteiger partial charge in [0.15, 0.2) is 5.65 Å². The lowest BCUT2D eigenvalue weighted by molar-refractivity contribution is 0.0697. The molecule has 1 aliphatic rings. The van der Waals surface area contributed by atoms with Gasteiger partial charge in [0.1, 0.15) is 5.56 Å². The zero-order valence-electron chi connectivity index (χ0n) is 12.4. The third-order valence-electron chi connectivity index (χ3n) is 4.37. The summed E-state index contributed by atoms with van der Waals surface area (Å²) in [5.41, 5.74) is 1.74. The smallest absolute Gasteiger partial charge is 0.339 e. The minimum Gasteiger partial charge on any atom is -0.478 e. The summed E-state index contributed by atoms with van der Waals surface area (Å²) in [4.78, 5) is 18.0. The standard InChI is InChI=1S/C15H20N4O2/c1-3-19(9-10-5-4-6-10)13-11-8-17-18(2)14(11)16-7-12(13)15(20)21/h7-8,10H,3-6,9H2,1-2H3,(H,20,21). The topological polar surface area (TPSA) is 71.2 Å². The molecule has 2 heterocycles. The van der Waals surface area contributed by atoms with Crippen molar-refractivity contribution in [1.29, 1.82) is 0 Å². The molecule has 6 heteroatoms. The summed E-state index contributed by atoms with van der Waals surface area (Å²) < 4.78 is 1.68. The Balaban J connectivity index is 2.11. The van der Waals surface area contributed by atoms with Gasteiger partial charge in [-0.05, 0) is 25.7 Å². The fraction of sp³-hybridized carbons (Fsp3) is 0.533. The van der Waals surface area contributed by atoms with Crippen molar-refractivity contribution in [3.8, 4) is 0 Å². The molecule has 3 rings (SSSR count). The first-order valence-electron chi connectivity index (χ1n) is 7.40. The van der Waals surface area contributed by atoms with Crippen LogP contribution in [0.2, 0.25) is 0 Å². The first-order chi connectivity index (χ1) is 10.1. The molecular formula is C15H20N4O2. The summed E-state index contributed by atoms with van der Waals surface area (Å²) in [5, 5.41) is 14.5. The number of carboxylic acids is 1. The lowest BCUT2D eigenvalue weighted by Gasteiger charge is -2.34. The number of aromatic nitrogens is 3. The molecule has 1 N–H and O–H groups in total. The van der Waals surface area contributed by atoms with E-state index in [1.807, 2.05) is 7.05 Å². The van der Waals surface area contributed by atoms with Crippen LogP contribution in [0.1, 0.15) is 36.5 Å². The predicted molar refractivity (Wildman–Crippen MR) is 80.7 cm³/mol. The van der Waals surface area contributed by atoms with Gasteiger partial charge < -0.3 is 10.0 Å². The molecule has 6 nitrogen and oxygen atoms in total. The van der Waals surface area contributed by atoms with Gasteiger partial charge in [0.25, 0.3) is 0 Å². The van der Waals surface area contributed by atoms with E-state index in [0.29, 0.717) is 5.92 Å². The average molecular weight is 288 g/mol. The highest BCUT2D eigenvalue weighted by molar-refractivity contribution is 6.03. The molecule has 112 valence electrons. The number of aryl methyl sites for hydroxylation is 1. The molecule has 2 aromatic heterocycles. The van der Waals surface area contributed by atoms with Crippen LogP contribution in [0.15, 0.2) is 12.4 Å². The summed E-state index contributed by atoms with van der Waals surface area (Å²) in [5.74, 6) is -0.262. The van der Waals surface area contributed by atoms with E-state index in [9.17, 15) is 9.90 Å². The number of carbonyl (C=O) groups is 1.